The van der Waals surface area contributed by atoms with Crippen LogP contribution in [0.2, 0.25) is 0 Å². The van der Waals surface area contributed by atoms with Crippen molar-refractivity contribution in [1.29, 1.82) is 0 Å². The van der Waals surface area contributed by atoms with Crippen molar-refractivity contribution in [2.45, 2.75) is 104 Å². The van der Waals surface area contributed by atoms with E-state index in [0.717, 1.165) is 43.1 Å². The number of aromatic carboxylic acids is 1. The number of carboxylic acids is 1. The molecule has 0 spiro atoms. The quantitative estimate of drug-likeness (QED) is 0.273. The average Bonchev–Trinajstić information content (AvgIpc) is 3.44. The molecule has 7 rings (SSSR count). The van der Waals surface area contributed by atoms with Crippen LogP contribution >= 0.6 is 0 Å². The second-order valence-corrected chi connectivity index (χ2v) is 16.8. The predicted molar refractivity (Wildman–Crippen MR) is 183 cm³/mol. The summed E-state index contributed by atoms with van der Waals surface area (Å²) in [5, 5.41) is 17.1. The maximum Gasteiger partial charge on any atom is 0.335 e. The van der Waals surface area contributed by atoms with Gasteiger partial charge in [0.2, 0.25) is 0 Å². The van der Waals surface area contributed by atoms with E-state index >= 15 is 0 Å². The lowest BCUT2D eigenvalue weighted by molar-refractivity contribution is -0.216. The first-order valence-electron chi connectivity index (χ1n) is 17.9. The van der Waals surface area contributed by atoms with Gasteiger partial charge >= 0.3 is 5.97 Å². The second kappa shape index (κ2) is 11.0. The molecule has 2 aromatic rings. The minimum absolute atomic E-state index is 0.0528. The topological polar surface area (TPSA) is 74.2 Å². The van der Waals surface area contributed by atoms with Crippen molar-refractivity contribution >= 4 is 17.4 Å². The molecule has 45 heavy (non-hydrogen) atoms. The van der Waals surface area contributed by atoms with Crippen LogP contribution in [0.4, 0.5) is 5.82 Å². The van der Waals surface area contributed by atoms with Crippen LogP contribution in [-0.2, 0) is 0 Å². The molecule has 242 valence electrons. The Bertz CT molecular complexity index is 1450. The molecule has 1 aromatic carbocycles. The first-order chi connectivity index (χ1) is 21.4. The number of hydrogen-bond donors (Lipinski definition) is 3. The van der Waals surface area contributed by atoms with Crippen LogP contribution in [0.5, 0.6) is 0 Å². The number of nitrogens with zero attached hydrogens (tertiary/aromatic N) is 1. The van der Waals surface area contributed by atoms with Crippen molar-refractivity contribution in [3.63, 3.8) is 0 Å². The molecule has 5 nitrogen and oxygen atoms in total. The Hall–Kier alpha value is -2.66. The van der Waals surface area contributed by atoms with Crippen molar-refractivity contribution in [3.8, 4) is 0 Å². The molecule has 4 saturated carbocycles. The Kier molecular flexibility index (Phi) is 7.54. The summed E-state index contributed by atoms with van der Waals surface area (Å²) in [4.78, 5) is 15.9. The van der Waals surface area contributed by atoms with Gasteiger partial charge in [-0.2, -0.15) is 0 Å². The summed E-state index contributed by atoms with van der Waals surface area (Å²) in [5.74, 6) is 3.08. The number of fused-ring (bicyclic) bond motifs is 7. The van der Waals surface area contributed by atoms with Gasteiger partial charge in [0.25, 0.3) is 0 Å². The third-order valence-electron chi connectivity index (χ3n) is 15.0. The Morgan fingerprint density at radius 1 is 0.844 bits per heavy atom. The van der Waals surface area contributed by atoms with Crippen molar-refractivity contribution in [1.82, 2.24) is 10.3 Å². The molecule has 5 aliphatic rings. The van der Waals surface area contributed by atoms with Crippen LogP contribution in [0.15, 0.2) is 54.7 Å². The number of benzene rings is 1. The molecule has 1 aromatic heterocycles. The summed E-state index contributed by atoms with van der Waals surface area (Å²) in [5.41, 5.74) is 4.38. The van der Waals surface area contributed by atoms with E-state index in [9.17, 15) is 9.90 Å². The summed E-state index contributed by atoms with van der Waals surface area (Å²) >= 11 is 0. The van der Waals surface area contributed by atoms with Gasteiger partial charge in [0.15, 0.2) is 0 Å². The number of nitrogens with one attached hydrogen (secondary N) is 2. The molecular weight excluding hydrogens is 554 g/mol. The van der Waals surface area contributed by atoms with Gasteiger partial charge in [-0.25, -0.2) is 9.78 Å². The predicted octanol–water partition coefficient (Wildman–Crippen LogP) is 9.08. The number of allylic oxidation sites excluding steroid dienone is 2. The molecule has 0 saturated heterocycles. The highest BCUT2D eigenvalue weighted by Crippen LogP contribution is 2.76. The summed E-state index contributed by atoms with van der Waals surface area (Å²) in [6.45, 7) is 15.0. The zero-order chi connectivity index (χ0) is 31.7. The van der Waals surface area contributed by atoms with E-state index in [1.54, 1.807) is 12.1 Å². The molecule has 1 heterocycles. The highest BCUT2D eigenvalue weighted by Gasteiger charge is 2.69. The van der Waals surface area contributed by atoms with Crippen LogP contribution in [-0.4, -0.2) is 34.7 Å². The molecule has 5 heteroatoms. The lowest BCUT2D eigenvalue weighted by Crippen LogP contribution is -2.67. The van der Waals surface area contributed by atoms with E-state index in [0.29, 0.717) is 27.9 Å². The van der Waals surface area contributed by atoms with E-state index < -0.39 is 5.97 Å². The minimum Gasteiger partial charge on any atom is -0.478 e. The molecule has 8 atom stereocenters. The Balaban J connectivity index is 1.11. The molecular formula is C40H55N3O2. The van der Waals surface area contributed by atoms with Gasteiger partial charge in [0.05, 0.1) is 5.56 Å². The fraction of sp³-hybridized carbons (Fsp3) is 0.650. The van der Waals surface area contributed by atoms with Crippen LogP contribution in [0.1, 0.15) is 115 Å². The highest BCUT2D eigenvalue weighted by atomic mass is 16.4. The van der Waals surface area contributed by atoms with Gasteiger partial charge in [0.1, 0.15) is 5.82 Å². The van der Waals surface area contributed by atoms with E-state index in [1.165, 1.54) is 68.9 Å². The molecule has 0 bridgehead atoms. The average molecular weight is 610 g/mol. The fourth-order valence-corrected chi connectivity index (χ4v) is 12.7. The Morgan fingerprint density at radius 2 is 1.64 bits per heavy atom. The van der Waals surface area contributed by atoms with Crippen molar-refractivity contribution in [3.05, 3.63) is 65.9 Å². The molecule has 4 fully saturated rings. The first kappa shape index (κ1) is 31.0. The van der Waals surface area contributed by atoms with Crippen LogP contribution in [0, 0.1) is 45.3 Å². The smallest absolute Gasteiger partial charge is 0.335 e. The molecule has 3 N–H and O–H groups in total. The number of hydrogen-bond acceptors (Lipinski definition) is 4. The SMILES string of the molecule is CC1(C)C(c2ccc(C(=O)O)cc2)=CCC2(C)C1CCC1(C)C2CCC2C3CCCC3(NCCNc3ccccn3)CC[C@]21C. The lowest BCUT2D eigenvalue weighted by atomic mass is 9.33. The summed E-state index contributed by atoms with van der Waals surface area (Å²) < 4.78 is 0. The van der Waals surface area contributed by atoms with Gasteiger partial charge in [-0.3, -0.25) is 0 Å². The molecule has 0 radical (unpaired) electrons. The molecule has 5 aliphatic carbocycles. The highest BCUT2D eigenvalue weighted by molar-refractivity contribution is 5.88. The van der Waals surface area contributed by atoms with Crippen molar-refractivity contribution in [2.24, 2.45) is 45.3 Å². The van der Waals surface area contributed by atoms with E-state index in [4.69, 9.17) is 0 Å². The Morgan fingerprint density at radius 3 is 2.38 bits per heavy atom. The van der Waals surface area contributed by atoms with Gasteiger partial charge in [-0.05, 0) is 139 Å². The Labute approximate surface area is 271 Å². The maximum atomic E-state index is 11.5. The lowest BCUT2D eigenvalue weighted by Gasteiger charge is -2.72. The van der Waals surface area contributed by atoms with Crippen LogP contribution < -0.4 is 10.6 Å². The number of pyridine rings is 1. The van der Waals surface area contributed by atoms with Crippen molar-refractivity contribution in [2.75, 3.05) is 18.4 Å². The molecule has 7 unspecified atom stereocenters. The number of aromatic nitrogens is 1. The van der Waals surface area contributed by atoms with E-state index in [2.05, 4.69) is 62.4 Å². The fourth-order valence-electron chi connectivity index (χ4n) is 12.7. The van der Waals surface area contributed by atoms with Gasteiger partial charge in [-0.15, -0.1) is 0 Å². The first-order valence-corrected chi connectivity index (χ1v) is 17.9. The largest absolute Gasteiger partial charge is 0.478 e. The maximum absolute atomic E-state index is 11.5. The zero-order valence-corrected chi connectivity index (χ0v) is 28.3. The molecule has 0 aliphatic heterocycles. The van der Waals surface area contributed by atoms with Gasteiger partial charge in [-0.1, -0.05) is 65.3 Å². The van der Waals surface area contributed by atoms with E-state index in [1.807, 2.05) is 30.5 Å². The summed E-state index contributed by atoms with van der Waals surface area (Å²) in [6, 6.07) is 13.7. The zero-order valence-electron chi connectivity index (χ0n) is 28.3. The molecule has 0 amide bonds. The third-order valence-corrected chi connectivity index (χ3v) is 15.0. The standard InChI is InChI=1S/C40H55N3O2/c1-36(2)29(27-11-13-28(14-12-27)35(44)45)17-20-37(3)32(36)18-21-39(5)33(37)16-15-30-31-9-8-19-40(31,23-22-38(30,39)4)43-26-25-42-34-10-6-7-24-41-34/h6-7,10-14,17,24,30-33,43H,8-9,15-16,18-23,25-26H2,1-5H3,(H,41,42)(H,44,45)/t30?,31?,32?,33?,37?,38-,39?,40?/m1/s1. The number of rotatable bonds is 7. The van der Waals surface area contributed by atoms with Crippen LogP contribution in [0.3, 0.4) is 0 Å². The summed E-state index contributed by atoms with van der Waals surface area (Å²) in [6.07, 6.45) is 17.7. The van der Waals surface area contributed by atoms with Gasteiger partial charge < -0.3 is 15.7 Å². The monoisotopic (exact) mass is 609 g/mol. The number of carbonyl (C=O) groups is 1. The third kappa shape index (κ3) is 4.65. The number of anilines is 1. The van der Waals surface area contributed by atoms with E-state index in [-0.39, 0.29) is 10.8 Å². The normalized spacial score (nSPS) is 39.9. The minimum atomic E-state index is -0.854. The van der Waals surface area contributed by atoms with Gasteiger partial charge in [0, 0.05) is 24.8 Å². The number of carboxylic acid groups (broad SMARTS) is 1. The van der Waals surface area contributed by atoms with Crippen LogP contribution in [0.25, 0.3) is 5.57 Å². The van der Waals surface area contributed by atoms with Crippen molar-refractivity contribution < 1.29 is 9.90 Å². The second-order valence-electron chi connectivity index (χ2n) is 16.8. The summed E-state index contributed by atoms with van der Waals surface area (Å²) in [7, 11) is 0.